The molecule has 2 aromatic carbocycles. The van der Waals surface area contributed by atoms with Crippen molar-refractivity contribution in [1.29, 1.82) is 0 Å². The Morgan fingerprint density at radius 3 is 2.77 bits per heavy atom. The summed E-state index contributed by atoms with van der Waals surface area (Å²) in [6, 6.07) is 11.4. The van der Waals surface area contributed by atoms with Gasteiger partial charge >= 0.3 is 0 Å². The zero-order valence-corrected chi connectivity index (χ0v) is 25.9. The van der Waals surface area contributed by atoms with Gasteiger partial charge in [-0.1, -0.05) is 36.7 Å². The van der Waals surface area contributed by atoms with E-state index in [1.54, 1.807) is 18.2 Å². The molecule has 2 fully saturated rings. The van der Waals surface area contributed by atoms with Crippen LogP contribution in [0.2, 0.25) is 5.02 Å². The standard InChI is InChI=1S/C33H39ClN2O6S/c1-20-4-10-29(37)25-8-5-23(25)15-36-18-33(12-2-3-21-13-24(34)7-9-27(21)33)19-42-30-11-6-22(14-28(30)36)32(38)35-43(39,40)31-17-41-16-26(20)31/h4,6-7,9-11,13-14,20,23,25-26,29,31,37H,2-3,5,8,12,15-19H2,1H3,(H,35,38)/b10-4-/t20-,23-,25+,26+,29-,31-,33-/m0/s1. The predicted octanol–water partition coefficient (Wildman–Crippen LogP) is 4.48. The summed E-state index contributed by atoms with van der Waals surface area (Å²) in [7, 11) is -4.02. The number of aryl methyl sites for hydroxylation is 1. The first-order chi connectivity index (χ1) is 20.6. The minimum absolute atomic E-state index is 0.0271. The fraction of sp³-hybridized carbons (Fsp3) is 0.545. The first-order valence-corrected chi connectivity index (χ1v) is 17.4. The number of aliphatic hydroxyl groups is 1. The van der Waals surface area contributed by atoms with Crippen LogP contribution in [0.5, 0.6) is 5.75 Å². The molecule has 1 saturated carbocycles. The van der Waals surface area contributed by atoms with E-state index < -0.39 is 27.3 Å². The molecule has 2 N–H and O–H groups in total. The Bertz CT molecular complexity index is 1560. The van der Waals surface area contributed by atoms with Crippen LogP contribution in [0, 0.1) is 23.7 Å². The normalized spacial score (nSPS) is 35.8. The van der Waals surface area contributed by atoms with Crippen molar-refractivity contribution in [2.45, 2.75) is 55.8 Å². The van der Waals surface area contributed by atoms with E-state index in [2.05, 4.69) is 21.8 Å². The van der Waals surface area contributed by atoms with Crippen molar-refractivity contribution in [2.24, 2.45) is 23.7 Å². The maximum Gasteiger partial charge on any atom is 0.264 e. The number of amides is 1. The van der Waals surface area contributed by atoms with Crippen LogP contribution in [0.3, 0.4) is 0 Å². The maximum absolute atomic E-state index is 13.5. The fourth-order valence-electron chi connectivity index (χ4n) is 8.01. The monoisotopic (exact) mass is 626 g/mol. The highest BCUT2D eigenvalue weighted by Crippen LogP contribution is 2.47. The second-order valence-electron chi connectivity index (χ2n) is 13.2. The van der Waals surface area contributed by atoms with E-state index in [-0.39, 0.29) is 47.9 Å². The van der Waals surface area contributed by atoms with E-state index in [0.717, 1.165) is 42.8 Å². The van der Waals surface area contributed by atoms with Crippen LogP contribution in [0.25, 0.3) is 0 Å². The van der Waals surface area contributed by atoms with Crippen LogP contribution in [0.4, 0.5) is 5.69 Å². The van der Waals surface area contributed by atoms with E-state index in [9.17, 15) is 18.3 Å². The summed E-state index contributed by atoms with van der Waals surface area (Å²) in [5, 5.41) is 11.1. The number of benzene rings is 2. The smallest absolute Gasteiger partial charge is 0.264 e. The van der Waals surface area contributed by atoms with Gasteiger partial charge in [0.05, 0.1) is 31.6 Å². The molecule has 2 aliphatic carbocycles. The Morgan fingerprint density at radius 2 is 1.95 bits per heavy atom. The second-order valence-corrected chi connectivity index (χ2v) is 15.6. The van der Waals surface area contributed by atoms with Gasteiger partial charge in [-0.3, -0.25) is 4.79 Å². The molecule has 1 saturated heterocycles. The van der Waals surface area contributed by atoms with Crippen molar-refractivity contribution in [1.82, 2.24) is 4.72 Å². The topological polar surface area (TPSA) is 105 Å². The molecule has 8 nitrogen and oxygen atoms in total. The Morgan fingerprint density at radius 1 is 1.09 bits per heavy atom. The number of anilines is 1. The zero-order valence-electron chi connectivity index (χ0n) is 24.4. The van der Waals surface area contributed by atoms with Gasteiger partial charge in [0.15, 0.2) is 0 Å². The lowest BCUT2D eigenvalue weighted by molar-refractivity contribution is 0.0453. The number of sulfonamides is 1. The van der Waals surface area contributed by atoms with Gasteiger partial charge in [0.1, 0.15) is 11.0 Å². The summed E-state index contributed by atoms with van der Waals surface area (Å²) in [4.78, 5) is 15.8. The quantitative estimate of drug-likeness (QED) is 0.416. The largest absolute Gasteiger partial charge is 0.490 e. The van der Waals surface area contributed by atoms with E-state index in [4.69, 9.17) is 21.1 Å². The number of ether oxygens (including phenoxy) is 2. The van der Waals surface area contributed by atoms with Gasteiger partial charge in [0, 0.05) is 35.0 Å². The number of fused-ring (bicyclic) bond motifs is 5. The average Bonchev–Trinajstić information content (AvgIpc) is 3.42. The number of rotatable bonds is 0. The molecule has 3 heterocycles. The molecule has 7 atom stereocenters. The summed E-state index contributed by atoms with van der Waals surface area (Å²) in [6.45, 7) is 4.14. The van der Waals surface area contributed by atoms with Crippen molar-refractivity contribution < 1.29 is 27.8 Å². The van der Waals surface area contributed by atoms with Gasteiger partial charge < -0.3 is 19.5 Å². The van der Waals surface area contributed by atoms with Crippen LogP contribution < -0.4 is 14.4 Å². The van der Waals surface area contributed by atoms with Crippen molar-refractivity contribution in [3.63, 3.8) is 0 Å². The second kappa shape index (κ2) is 11.1. The zero-order chi connectivity index (χ0) is 29.9. The minimum Gasteiger partial charge on any atom is -0.490 e. The molecule has 230 valence electrons. The number of nitrogens with one attached hydrogen (secondary N) is 1. The third kappa shape index (κ3) is 5.26. The maximum atomic E-state index is 13.5. The van der Waals surface area contributed by atoms with Crippen LogP contribution in [-0.4, -0.2) is 63.7 Å². The average molecular weight is 627 g/mol. The molecule has 5 aliphatic rings. The lowest BCUT2D eigenvalue weighted by Gasteiger charge is -2.45. The van der Waals surface area contributed by atoms with Gasteiger partial charge in [-0.15, -0.1) is 0 Å². The Balaban J connectivity index is 1.30. The van der Waals surface area contributed by atoms with Crippen LogP contribution in [0.1, 0.15) is 54.1 Å². The molecule has 0 unspecified atom stereocenters. The van der Waals surface area contributed by atoms with Gasteiger partial charge in [-0.25, -0.2) is 13.1 Å². The van der Waals surface area contributed by atoms with E-state index in [1.807, 2.05) is 25.1 Å². The summed E-state index contributed by atoms with van der Waals surface area (Å²) >= 11 is 6.39. The third-order valence-electron chi connectivity index (χ3n) is 10.7. The number of aliphatic hydroxyl groups excluding tert-OH is 1. The fourth-order valence-corrected chi connectivity index (χ4v) is 9.79. The number of carbonyl (C=O) groups is 1. The summed E-state index contributed by atoms with van der Waals surface area (Å²) in [5.74, 6) is -0.0826. The molecule has 10 heteroatoms. The molecule has 1 amide bonds. The number of halogens is 1. The van der Waals surface area contributed by atoms with Gasteiger partial charge in [0.2, 0.25) is 10.0 Å². The number of hydrogen-bond donors (Lipinski definition) is 2. The minimum atomic E-state index is -4.02. The number of allylic oxidation sites excluding steroid dienone is 1. The molecule has 2 aromatic rings. The first kappa shape index (κ1) is 29.1. The molecule has 3 aliphatic heterocycles. The lowest BCUT2D eigenvalue weighted by Crippen LogP contribution is -2.49. The molecule has 43 heavy (non-hydrogen) atoms. The first-order valence-electron chi connectivity index (χ1n) is 15.4. The summed E-state index contributed by atoms with van der Waals surface area (Å²) in [6.07, 6.45) is 8.04. The molecular formula is C33H39ClN2O6S. The molecule has 7 rings (SSSR count). The Hall–Kier alpha value is -2.59. The van der Waals surface area contributed by atoms with Gasteiger partial charge in [0.25, 0.3) is 5.91 Å². The van der Waals surface area contributed by atoms with Gasteiger partial charge in [-0.2, -0.15) is 0 Å². The van der Waals surface area contributed by atoms with Crippen molar-refractivity contribution >= 4 is 33.2 Å². The SMILES string of the molecule is C[C@H]1/C=C\[C@H](O)[C@@H]2CC[C@H]2CN2C[C@@]3(CCCc4cc(Cl)ccc43)COc3ccc(cc32)C(=O)NS(=O)(=O)[C@H]2COC[C@H]12. The third-order valence-corrected chi connectivity index (χ3v) is 12.6. The van der Waals surface area contributed by atoms with Crippen molar-refractivity contribution in [3.05, 3.63) is 70.3 Å². The Labute approximate surface area is 258 Å². The van der Waals surface area contributed by atoms with Gasteiger partial charge in [-0.05, 0) is 91.3 Å². The number of carbonyl (C=O) groups excluding carboxylic acids is 1. The molecule has 0 aromatic heterocycles. The van der Waals surface area contributed by atoms with E-state index in [1.165, 1.54) is 11.1 Å². The summed E-state index contributed by atoms with van der Waals surface area (Å²) < 4.78 is 41.4. The lowest BCUT2D eigenvalue weighted by atomic mass is 9.68. The molecular weight excluding hydrogens is 588 g/mol. The number of hydrogen-bond acceptors (Lipinski definition) is 7. The van der Waals surface area contributed by atoms with Crippen molar-refractivity contribution in [3.8, 4) is 5.75 Å². The highest BCUT2D eigenvalue weighted by Gasteiger charge is 2.45. The van der Waals surface area contributed by atoms with Crippen LogP contribution in [-0.2, 0) is 26.6 Å². The number of nitrogens with zero attached hydrogens (tertiary/aromatic N) is 1. The summed E-state index contributed by atoms with van der Waals surface area (Å²) in [5.41, 5.74) is 3.28. The highest BCUT2D eigenvalue weighted by atomic mass is 35.5. The van der Waals surface area contributed by atoms with E-state index in [0.29, 0.717) is 25.4 Å². The molecule has 2 bridgehead atoms. The van der Waals surface area contributed by atoms with Crippen molar-refractivity contribution in [2.75, 3.05) is 37.8 Å². The molecule has 1 spiro atoms. The van der Waals surface area contributed by atoms with E-state index >= 15 is 0 Å². The highest BCUT2D eigenvalue weighted by molar-refractivity contribution is 7.90. The predicted molar refractivity (Wildman–Crippen MR) is 165 cm³/mol. The molecule has 0 radical (unpaired) electrons. The van der Waals surface area contributed by atoms with Crippen LogP contribution in [0.15, 0.2) is 48.6 Å². The van der Waals surface area contributed by atoms with Crippen LogP contribution >= 0.6 is 11.6 Å². The Kier molecular flexibility index (Phi) is 7.51.